The van der Waals surface area contributed by atoms with Gasteiger partial charge in [0.25, 0.3) is 0 Å². The quantitative estimate of drug-likeness (QED) is 0.873. The van der Waals surface area contributed by atoms with Crippen LogP contribution in [0.2, 0.25) is 5.15 Å². The van der Waals surface area contributed by atoms with E-state index in [-0.39, 0.29) is 0 Å². The number of rotatable bonds is 4. The maximum Gasteiger partial charge on any atom is 0.162 e. The fourth-order valence-corrected chi connectivity index (χ4v) is 2.34. The van der Waals surface area contributed by atoms with Gasteiger partial charge in [0, 0.05) is 18.7 Å². The summed E-state index contributed by atoms with van der Waals surface area (Å²) in [5, 5.41) is 12.8. The molecule has 0 radical (unpaired) electrons. The highest BCUT2D eigenvalue weighted by molar-refractivity contribution is 6.29. The van der Waals surface area contributed by atoms with Crippen LogP contribution >= 0.6 is 11.6 Å². The van der Waals surface area contributed by atoms with Crippen molar-refractivity contribution < 1.29 is 9.47 Å². The fraction of sp³-hybridized carbons (Fsp3) is 0.267. The fourth-order valence-electron chi connectivity index (χ4n) is 2.20. The molecule has 2 heterocycles. The van der Waals surface area contributed by atoms with Crippen LogP contribution in [0.1, 0.15) is 11.1 Å². The number of nitriles is 1. The van der Waals surface area contributed by atoms with Crippen molar-refractivity contribution in [2.75, 3.05) is 25.1 Å². The molecule has 7 heteroatoms. The molecule has 1 N–H and O–H groups in total. The van der Waals surface area contributed by atoms with Crippen LogP contribution in [0.5, 0.6) is 11.5 Å². The number of benzene rings is 1. The summed E-state index contributed by atoms with van der Waals surface area (Å²) < 4.78 is 11.0. The van der Waals surface area contributed by atoms with Crippen LogP contribution in [-0.4, -0.2) is 29.7 Å². The monoisotopic (exact) mass is 316 g/mol. The van der Waals surface area contributed by atoms with Gasteiger partial charge in [-0.05, 0) is 18.1 Å². The second kappa shape index (κ2) is 6.50. The Balaban J connectivity index is 1.70. The van der Waals surface area contributed by atoms with E-state index in [2.05, 4.69) is 21.4 Å². The number of nitrogens with zero attached hydrogens (tertiary/aromatic N) is 3. The molecule has 0 atom stereocenters. The summed E-state index contributed by atoms with van der Waals surface area (Å²) in [6.45, 7) is 1.64. The van der Waals surface area contributed by atoms with Crippen LogP contribution in [0.15, 0.2) is 24.5 Å². The molecule has 3 rings (SSSR count). The van der Waals surface area contributed by atoms with E-state index in [0.717, 1.165) is 5.56 Å². The number of halogens is 1. The Morgan fingerprint density at radius 2 is 1.95 bits per heavy atom. The molecule has 6 nitrogen and oxygen atoms in total. The number of hydrogen-bond donors (Lipinski definition) is 1. The van der Waals surface area contributed by atoms with E-state index in [4.69, 9.17) is 21.1 Å². The minimum absolute atomic E-state index is 0.384. The Hall–Kier alpha value is -2.52. The molecule has 0 aliphatic carbocycles. The number of nitrogens with one attached hydrogen (secondary N) is 1. The summed E-state index contributed by atoms with van der Waals surface area (Å²) in [7, 11) is 0. The first-order valence-corrected chi connectivity index (χ1v) is 7.18. The van der Waals surface area contributed by atoms with E-state index in [0.29, 0.717) is 54.2 Å². The van der Waals surface area contributed by atoms with E-state index in [1.54, 1.807) is 12.1 Å². The lowest BCUT2D eigenvalue weighted by Crippen LogP contribution is -2.16. The molecule has 0 fully saturated rings. The molecule has 2 aromatic rings. The predicted molar refractivity (Wildman–Crippen MR) is 81.4 cm³/mol. The third kappa shape index (κ3) is 3.21. The van der Waals surface area contributed by atoms with Crippen LogP contribution in [0, 0.1) is 11.3 Å². The average molecular weight is 317 g/mol. The highest BCUT2D eigenvalue weighted by Crippen LogP contribution is 2.33. The molecule has 0 saturated carbocycles. The van der Waals surface area contributed by atoms with E-state index in [1.165, 1.54) is 6.33 Å². The third-order valence-corrected chi connectivity index (χ3v) is 3.43. The summed E-state index contributed by atoms with van der Waals surface area (Å²) in [4.78, 5) is 7.89. The zero-order valence-corrected chi connectivity index (χ0v) is 12.4. The van der Waals surface area contributed by atoms with Crippen molar-refractivity contribution in [3.05, 3.63) is 40.8 Å². The minimum Gasteiger partial charge on any atom is -0.486 e. The van der Waals surface area contributed by atoms with Crippen molar-refractivity contribution in [2.45, 2.75) is 6.42 Å². The predicted octanol–water partition coefficient (Wildman–Crippen LogP) is 2.43. The Labute approximate surface area is 132 Å². The topological polar surface area (TPSA) is 80.1 Å². The molecule has 22 heavy (non-hydrogen) atoms. The van der Waals surface area contributed by atoms with Crippen molar-refractivity contribution in [2.24, 2.45) is 0 Å². The molecule has 0 saturated heterocycles. The molecule has 0 unspecified atom stereocenters. The molecule has 112 valence electrons. The Morgan fingerprint density at radius 3 is 2.68 bits per heavy atom. The Morgan fingerprint density at radius 1 is 1.18 bits per heavy atom. The summed E-state index contributed by atoms with van der Waals surface area (Å²) in [6, 6.07) is 7.43. The van der Waals surface area contributed by atoms with Gasteiger partial charge in [0.1, 0.15) is 30.5 Å². The molecular weight excluding hydrogens is 304 g/mol. The lowest BCUT2D eigenvalue weighted by molar-refractivity contribution is 0.171. The van der Waals surface area contributed by atoms with Crippen molar-refractivity contribution in [1.82, 2.24) is 9.97 Å². The highest BCUT2D eigenvalue weighted by Gasteiger charge is 2.15. The SMILES string of the molecule is N#Cc1cc2c(cc1CCNc1cc(Cl)ncn1)OCCO2. The van der Waals surface area contributed by atoms with Gasteiger partial charge in [0.05, 0.1) is 11.6 Å². The Bertz CT molecular complexity index is 730. The van der Waals surface area contributed by atoms with Crippen LogP contribution in [0.25, 0.3) is 0 Å². The van der Waals surface area contributed by atoms with Crippen molar-refractivity contribution in [3.8, 4) is 17.6 Å². The van der Waals surface area contributed by atoms with Gasteiger partial charge in [-0.1, -0.05) is 11.6 Å². The van der Waals surface area contributed by atoms with E-state index >= 15 is 0 Å². The summed E-state index contributed by atoms with van der Waals surface area (Å²) in [6.07, 6.45) is 2.05. The van der Waals surface area contributed by atoms with E-state index in [1.807, 2.05) is 6.07 Å². The normalized spacial score (nSPS) is 12.5. The van der Waals surface area contributed by atoms with Crippen molar-refractivity contribution in [3.63, 3.8) is 0 Å². The zero-order chi connectivity index (χ0) is 15.4. The molecular formula is C15H13ClN4O2. The number of aromatic nitrogens is 2. The van der Waals surface area contributed by atoms with Crippen molar-refractivity contribution in [1.29, 1.82) is 5.26 Å². The third-order valence-electron chi connectivity index (χ3n) is 3.22. The number of anilines is 1. The largest absolute Gasteiger partial charge is 0.486 e. The number of hydrogen-bond acceptors (Lipinski definition) is 6. The lowest BCUT2D eigenvalue weighted by atomic mass is 10.0. The van der Waals surface area contributed by atoms with Gasteiger partial charge in [-0.3, -0.25) is 0 Å². The maximum absolute atomic E-state index is 9.27. The maximum atomic E-state index is 9.27. The molecule has 0 amide bonds. The first-order valence-electron chi connectivity index (χ1n) is 6.80. The first kappa shape index (κ1) is 14.4. The summed E-state index contributed by atoms with van der Waals surface area (Å²) >= 11 is 5.80. The van der Waals surface area contributed by atoms with Gasteiger partial charge in [0.15, 0.2) is 11.5 Å². The van der Waals surface area contributed by atoms with Gasteiger partial charge in [0.2, 0.25) is 0 Å². The molecule has 1 aliphatic heterocycles. The van der Waals surface area contributed by atoms with Crippen molar-refractivity contribution >= 4 is 17.4 Å². The molecule has 0 spiro atoms. The Kier molecular flexibility index (Phi) is 4.26. The first-order chi connectivity index (χ1) is 10.8. The minimum atomic E-state index is 0.384. The van der Waals surface area contributed by atoms with Gasteiger partial charge >= 0.3 is 0 Å². The molecule has 1 aliphatic rings. The number of ether oxygens (including phenoxy) is 2. The van der Waals surface area contributed by atoms with Gasteiger partial charge < -0.3 is 14.8 Å². The number of fused-ring (bicyclic) bond motifs is 1. The second-order valence-electron chi connectivity index (χ2n) is 4.67. The standard InChI is InChI=1S/C15H13ClN4O2/c16-14-7-15(20-9-19-14)18-2-1-10-5-12-13(6-11(10)8-17)22-4-3-21-12/h5-7,9H,1-4H2,(H,18,19,20). The van der Waals surface area contributed by atoms with Crippen LogP contribution in [0.4, 0.5) is 5.82 Å². The zero-order valence-electron chi connectivity index (χ0n) is 11.7. The molecule has 1 aromatic carbocycles. The van der Waals surface area contributed by atoms with Crippen LogP contribution in [-0.2, 0) is 6.42 Å². The second-order valence-corrected chi connectivity index (χ2v) is 5.05. The van der Waals surface area contributed by atoms with Crippen LogP contribution < -0.4 is 14.8 Å². The highest BCUT2D eigenvalue weighted by atomic mass is 35.5. The van der Waals surface area contributed by atoms with Gasteiger partial charge in [-0.25, -0.2) is 9.97 Å². The molecule has 0 bridgehead atoms. The average Bonchev–Trinajstić information content (AvgIpc) is 2.54. The van der Waals surface area contributed by atoms with Crippen LogP contribution in [0.3, 0.4) is 0 Å². The summed E-state index contributed by atoms with van der Waals surface area (Å²) in [5.41, 5.74) is 1.49. The van der Waals surface area contributed by atoms with Gasteiger partial charge in [-0.15, -0.1) is 0 Å². The smallest absolute Gasteiger partial charge is 0.162 e. The lowest BCUT2D eigenvalue weighted by Gasteiger charge is -2.19. The molecule has 1 aromatic heterocycles. The summed E-state index contributed by atoms with van der Waals surface area (Å²) in [5.74, 6) is 1.96. The van der Waals surface area contributed by atoms with E-state index in [9.17, 15) is 5.26 Å². The van der Waals surface area contributed by atoms with Gasteiger partial charge in [-0.2, -0.15) is 5.26 Å². The van der Waals surface area contributed by atoms with E-state index < -0.39 is 0 Å².